The van der Waals surface area contributed by atoms with Gasteiger partial charge in [0.25, 0.3) is 0 Å². The fourth-order valence-electron chi connectivity index (χ4n) is 5.16. The van der Waals surface area contributed by atoms with Gasteiger partial charge in [-0.3, -0.25) is 0 Å². The van der Waals surface area contributed by atoms with Crippen molar-refractivity contribution in [3.05, 3.63) is 11.1 Å². The molecular formula is C24H42O11. The minimum Gasteiger partial charge on any atom is -0.394 e. The topological polar surface area (TPSA) is 179 Å². The van der Waals surface area contributed by atoms with E-state index in [1.807, 2.05) is 20.8 Å². The molecule has 0 saturated carbocycles. The van der Waals surface area contributed by atoms with Gasteiger partial charge in [-0.25, -0.2) is 0 Å². The number of hydrogen-bond acceptors (Lipinski definition) is 11. The summed E-state index contributed by atoms with van der Waals surface area (Å²) in [5, 5.41) is 70.5. The Bertz CT molecular complexity index is 728. The summed E-state index contributed by atoms with van der Waals surface area (Å²) in [6, 6.07) is 0. The van der Waals surface area contributed by atoms with Crippen LogP contribution >= 0.6 is 0 Å². The van der Waals surface area contributed by atoms with Crippen LogP contribution in [0.1, 0.15) is 53.4 Å². The Morgan fingerprint density at radius 3 is 2.14 bits per heavy atom. The van der Waals surface area contributed by atoms with E-state index in [9.17, 15) is 35.7 Å². The van der Waals surface area contributed by atoms with Gasteiger partial charge in [0.05, 0.1) is 25.4 Å². The largest absolute Gasteiger partial charge is 0.394 e. The highest BCUT2D eigenvalue weighted by Gasteiger charge is 2.47. The van der Waals surface area contributed by atoms with E-state index >= 15 is 0 Å². The molecule has 11 atom stereocenters. The molecule has 0 aromatic rings. The second-order valence-electron chi connectivity index (χ2n) is 10.6. The van der Waals surface area contributed by atoms with E-state index in [1.54, 1.807) is 0 Å². The van der Waals surface area contributed by atoms with E-state index in [1.165, 1.54) is 11.1 Å². The monoisotopic (exact) mass is 506 g/mol. The average Bonchev–Trinajstić information content (AvgIpc) is 3.09. The summed E-state index contributed by atoms with van der Waals surface area (Å²) in [6.45, 7) is 7.13. The van der Waals surface area contributed by atoms with Crippen LogP contribution in [0.4, 0.5) is 0 Å². The first-order valence-corrected chi connectivity index (χ1v) is 12.3. The van der Waals surface area contributed by atoms with Gasteiger partial charge in [0, 0.05) is 5.41 Å². The second kappa shape index (κ2) is 11.8. The quantitative estimate of drug-likeness (QED) is 0.189. The Labute approximate surface area is 205 Å². The molecule has 11 heteroatoms. The van der Waals surface area contributed by atoms with E-state index in [0.717, 1.165) is 12.8 Å². The van der Waals surface area contributed by atoms with E-state index in [0.29, 0.717) is 12.8 Å². The third kappa shape index (κ3) is 6.24. The van der Waals surface area contributed by atoms with Crippen molar-refractivity contribution in [2.45, 2.75) is 121 Å². The highest BCUT2D eigenvalue weighted by molar-refractivity contribution is 5.24. The van der Waals surface area contributed by atoms with Crippen LogP contribution in [-0.2, 0) is 18.9 Å². The van der Waals surface area contributed by atoms with Crippen molar-refractivity contribution in [3.63, 3.8) is 0 Å². The van der Waals surface area contributed by atoms with Crippen LogP contribution in [0.2, 0.25) is 0 Å². The smallest absolute Gasteiger partial charge is 0.186 e. The van der Waals surface area contributed by atoms with Crippen molar-refractivity contribution in [3.8, 4) is 0 Å². The lowest BCUT2D eigenvalue weighted by Gasteiger charge is -2.42. The number of aliphatic hydroxyl groups is 7. The van der Waals surface area contributed by atoms with Crippen LogP contribution in [-0.4, -0.2) is 116 Å². The van der Waals surface area contributed by atoms with Gasteiger partial charge in [-0.2, -0.15) is 0 Å². The zero-order chi connectivity index (χ0) is 26.1. The summed E-state index contributed by atoms with van der Waals surface area (Å²) in [5.74, 6) is 0. The second-order valence-corrected chi connectivity index (χ2v) is 10.6. The maximum absolute atomic E-state index is 10.4. The van der Waals surface area contributed by atoms with E-state index in [4.69, 9.17) is 18.9 Å². The number of aliphatic hydroxyl groups excluding tert-OH is 7. The summed E-state index contributed by atoms with van der Waals surface area (Å²) in [5.41, 5.74) is 2.13. The molecule has 7 N–H and O–H groups in total. The molecule has 0 spiro atoms. The van der Waals surface area contributed by atoms with Gasteiger partial charge >= 0.3 is 0 Å². The van der Waals surface area contributed by atoms with Crippen LogP contribution in [0.5, 0.6) is 0 Å². The predicted molar refractivity (Wildman–Crippen MR) is 122 cm³/mol. The van der Waals surface area contributed by atoms with Gasteiger partial charge in [-0.05, 0) is 39.5 Å². The van der Waals surface area contributed by atoms with Crippen molar-refractivity contribution >= 4 is 0 Å². The Hall–Kier alpha value is -0.700. The molecule has 2 aliphatic heterocycles. The minimum atomic E-state index is -1.56. The van der Waals surface area contributed by atoms with Crippen LogP contribution in [0.3, 0.4) is 0 Å². The number of hydrogen-bond donors (Lipinski definition) is 7. The highest BCUT2D eigenvalue weighted by atomic mass is 16.7. The summed E-state index contributed by atoms with van der Waals surface area (Å²) >= 11 is 0. The number of rotatable bonds is 9. The zero-order valence-electron chi connectivity index (χ0n) is 20.9. The van der Waals surface area contributed by atoms with E-state index < -0.39 is 68.0 Å². The third-order valence-corrected chi connectivity index (χ3v) is 7.68. The fraction of sp³-hybridized carbons (Fsp3) is 0.917. The van der Waals surface area contributed by atoms with Gasteiger partial charge in [0.1, 0.15) is 42.7 Å². The molecule has 0 amide bonds. The van der Waals surface area contributed by atoms with Crippen molar-refractivity contribution in [2.24, 2.45) is 5.41 Å². The molecule has 1 aliphatic carbocycles. The van der Waals surface area contributed by atoms with Gasteiger partial charge in [-0.1, -0.05) is 25.0 Å². The molecule has 2 heterocycles. The molecule has 0 radical (unpaired) electrons. The normalized spacial score (nSPS) is 42.9. The van der Waals surface area contributed by atoms with Crippen LogP contribution in [0.15, 0.2) is 11.1 Å². The lowest BCUT2D eigenvalue weighted by molar-refractivity contribution is -0.318. The van der Waals surface area contributed by atoms with Crippen LogP contribution in [0, 0.1) is 5.41 Å². The third-order valence-electron chi connectivity index (χ3n) is 7.68. The maximum atomic E-state index is 10.4. The van der Waals surface area contributed by atoms with E-state index in [-0.39, 0.29) is 18.1 Å². The summed E-state index contributed by atoms with van der Waals surface area (Å²) < 4.78 is 22.2. The summed E-state index contributed by atoms with van der Waals surface area (Å²) in [4.78, 5) is 0. The fourth-order valence-corrected chi connectivity index (χ4v) is 5.16. The SMILES string of the molecule is CC1=C(CC[C@@H](C)O[C@@H]2O[C@H](CO[C@H]3O[C@@H](CO)[C@H](O)[C@@H]3O)[C@H](O)[C@H](O)[C@H]2O)C(C)(C)[C@H](O)CC1. The van der Waals surface area contributed by atoms with E-state index in [2.05, 4.69) is 6.92 Å². The molecule has 2 fully saturated rings. The van der Waals surface area contributed by atoms with Gasteiger partial charge in [-0.15, -0.1) is 0 Å². The Balaban J connectivity index is 1.56. The Morgan fingerprint density at radius 2 is 1.51 bits per heavy atom. The lowest BCUT2D eigenvalue weighted by Crippen LogP contribution is -2.60. The first-order chi connectivity index (χ1) is 16.4. The molecule has 0 unspecified atom stereocenters. The van der Waals surface area contributed by atoms with Crippen molar-refractivity contribution in [2.75, 3.05) is 13.2 Å². The maximum Gasteiger partial charge on any atom is 0.186 e. The highest BCUT2D eigenvalue weighted by Crippen LogP contribution is 2.43. The average molecular weight is 507 g/mol. The molecule has 0 aromatic carbocycles. The molecular weight excluding hydrogens is 464 g/mol. The van der Waals surface area contributed by atoms with Gasteiger partial charge < -0.3 is 54.7 Å². The Morgan fingerprint density at radius 1 is 0.914 bits per heavy atom. The van der Waals surface area contributed by atoms with Gasteiger partial charge in [0.2, 0.25) is 0 Å². The van der Waals surface area contributed by atoms with Gasteiger partial charge in [0.15, 0.2) is 12.6 Å². The number of ether oxygens (including phenoxy) is 4. The first kappa shape index (κ1) is 28.9. The molecule has 3 aliphatic rings. The molecule has 0 aromatic heterocycles. The Kier molecular flexibility index (Phi) is 9.72. The molecule has 204 valence electrons. The van der Waals surface area contributed by atoms with Crippen molar-refractivity contribution < 1.29 is 54.7 Å². The minimum absolute atomic E-state index is 0.329. The first-order valence-electron chi connectivity index (χ1n) is 12.3. The van der Waals surface area contributed by atoms with Crippen molar-refractivity contribution in [1.82, 2.24) is 0 Å². The lowest BCUT2D eigenvalue weighted by atomic mass is 9.69. The predicted octanol–water partition coefficient (Wildman–Crippen LogP) is -1.07. The van der Waals surface area contributed by atoms with Crippen LogP contribution in [0.25, 0.3) is 0 Å². The molecule has 2 saturated heterocycles. The molecule has 0 bridgehead atoms. The van der Waals surface area contributed by atoms with Crippen molar-refractivity contribution in [1.29, 1.82) is 0 Å². The summed E-state index contributed by atoms with van der Waals surface area (Å²) in [7, 11) is 0. The zero-order valence-corrected chi connectivity index (χ0v) is 20.9. The molecule has 11 nitrogen and oxygen atoms in total. The van der Waals surface area contributed by atoms with Crippen LogP contribution < -0.4 is 0 Å². The molecule has 3 rings (SSSR count). The molecule has 35 heavy (non-hydrogen) atoms. The summed E-state index contributed by atoms with van der Waals surface area (Å²) in [6.07, 6.45) is -9.79. The standard InChI is InChI=1S/C24H42O11/c1-11-5-8-16(26)24(3,4)13(11)7-6-12(2)33-23-21(31)19(29)18(28)15(35-23)10-32-22-20(30)17(27)14(9-25)34-22/h12,14-23,25-31H,5-10H2,1-4H3/t12-,14+,15-,16-,17+,18+,19+,20+,21-,22+,23-/m1/s1. The number of allylic oxidation sites excluding steroid dienone is 1.